The van der Waals surface area contributed by atoms with Crippen LogP contribution in [0.15, 0.2) is 24.3 Å². The maximum absolute atomic E-state index is 12.5. The smallest absolute Gasteiger partial charge is 0.225 e. The Kier molecular flexibility index (Phi) is 3.69. The molecule has 5 atom stereocenters. The molecule has 21 heavy (non-hydrogen) atoms. The van der Waals surface area contributed by atoms with E-state index in [9.17, 15) is 4.79 Å². The summed E-state index contributed by atoms with van der Waals surface area (Å²) in [5.41, 5.74) is 7.87. The highest BCUT2D eigenvalue weighted by Gasteiger charge is 2.49. The maximum Gasteiger partial charge on any atom is 0.225 e. The van der Waals surface area contributed by atoms with E-state index in [0.717, 1.165) is 18.4 Å². The fraction of sp³-hybridized carbons (Fsp3) is 0.529. The monoisotopic (exact) mass is 283 g/mol. The van der Waals surface area contributed by atoms with Crippen molar-refractivity contribution < 1.29 is 4.79 Å². The van der Waals surface area contributed by atoms with Crippen molar-refractivity contribution in [3.05, 3.63) is 35.4 Å². The average Bonchev–Trinajstić information content (AvgIpc) is 3.08. The van der Waals surface area contributed by atoms with Crippen LogP contribution in [0.2, 0.25) is 0 Å². The molecule has 0 saturated heterocycles. The van der Waals surface area contributed by atoms with Crippen molar-refractivity contribution in [2.45, 2.75) is 38.3 Å². The van der Waals surface area contributed by atoms with Crippen LogP contribution in [0.4, 0.5) is 0 Å². The van der Waals surface area contributed by atoms with Gasteiger partial charge in [0, 0.05) is 6.04 Å². The van der Waals surface area contributed by atoms with Crippen LogP contribution in [0.1, 0.15) is 43.4 Å². The molecule has 1 aromatic rings. The third-order valence-corrected chi connectivity index (χ3v) is 5.18. The van der Waals surface area contributed by atoms with Crippen molar-refractivity contribution in [3.63, 3.8) is 0 Å². The van der Waals surface area contributed by atoms with Crippen LogP contribution in [0.5, 0.6) is 0 Å². The molecule has 4 heteroatoms. The van der Waals surface area contributed by atoms with Crippen LogP contribution in [-0.2, 0) is 4.79 Å². The van der Waals surface area contributed by atoms with E-state index in [1.807, 2.05) is 19.1 Å². The number of nitrogens with two attached hydrogens (primary N) is 1. The molecule has 0 aliphatic heterocycles. The zero-order chi connectivity index (χ0) is 15.0. The lowest BCUT2D eigenvalue weighted by Gasteiger charge is -2.28. The zero-order valence-electron chi connectivity index (χ0n) is 12.3. The topological polar surface area (TPSA) is 78.9 Å². The number of amides is 1. The first-order valence-electron chi connectivity index (χ1n) is 7.66. The number of carbonyl (C=O) groups is 1. The number of benzene rings is 1. The highest BCUT2D eigenvalue weighted by Crippen LogP contribution is 2.47. The summed E-state index contributed by atoms with van der Waals surface area (Å²) >= 11 is 0. The minimum Gasteiger partial charge on any atom is -0.349 e. The van der Waals surface area contributed by atoms with Gasteiger partial charge >= 0.3 is 0 Å². The van der Waals surface area contributed by atoms with Gasteiger partial charge in [-0.25, -0.2) is 0 Å². The second-order valence-electron chi connectivity index (χ2n) is 6.40. The second kappa shape index (κ2) is 5.50. The van der Waals surface area contributed by atoms with Gasteiger partial charge in [-0.05, 0) is 55.7 Å². The molecule has 0 spiro atoms. The van der Waals surface area contributed by atoms with Gasteiger partial charge in [0.1, 0.15) is 0 Å². The van der Waals surface area contributed by atoms with E-state index in [1.165, 1.54) is 6.42 Å². The Balaban J connectivity index is 1.65. The molecule has 0 aromatic heterocycles. The molecule has 1 amide bonds. The molecule has 4 nitrogen and oxygen atoms in total. The van der Waals surface area contributed by atoms with Gasteiger partial charge in [0.15, 0.2) is 0 Å². The number of nitrogens with one attached hydrogen (secondary N) is 1. The predicted molar refractivity (Wildman–Crippen MR) is 80.0 cm³/mol. The largest absolute Gasteiger partial charge is 0.349 e. The van der Waals surface area contributed by atoms with E-state index in [4.69, 9.17) is 11.0 Å². The molecule has 5 unspecified atom stereocenters. The van der Waals surface area contributed by atoms with E-state index >= 15 is 0 Å². The van der Waals surface area contributed by atoms with Crippen molar-refractivity contribution in [2.75, 3.05) is 0 Å². The molecule has 3 rings (SSSR count). The van der Waals surface area contributed by atoms with Crippen molar-refractivity contribution in [1.82, 2.24) is 5.32 Å². The summed E-state index contributed by atoms with van der Waals surface area (Å²) in [7, 11) is 0. The standard InChI is InChI=1S/C17H21N3O/c1-10(12-4-2-11(9-18)3-5-12)20-17(21)15-13-6-7-14(8-13)16(15)19/h2-5,10,13-16H,6-8,19H2,1H3,(H,20,21). The Hall–Kier alpha value is -1.86. The number of hydrogen-bond donors (Lipinski definition) is 2. The first kappa shape index (κ1) is 14.1. The lowest BCUT2D eigenvalue weighted by Crippen LogP contribution is -2.45. The minimum atomic E-state index is -0.0587. The molecule has 2 saturated carbocycles. The summed E-state index contributed by atoms with van der Waals surface area (Å²) in [6, 6.07) is 9.41. The number of rotatable bonds is 3. The summed E-state index contributed by atoms with van der Waals surface area (Å²) in [5.74, 6) is 1.07. The number of fused-ring (bicyclic) bond motifs is 2. The van der Waals surface area contributed by atoms with Crippen LogP contribution in [0.3, 0.4) is 0 Å². The molecular formula is C17H21N3O. The first-order valence-corrected chi connectivity index (χ1v) is 7.66. The summed E-state index contributed by atoms with van der Waals surface area (Å²) in [5, 5.41) is 11.9. The van der Waals surface area contributed by atoms with Crippen molar-refractivity contribution in [2.24, 2.45) is 23.5 Å². The van der Waals surface area contributed by atoms with Gasteiger partial charge in [-0.15, -0.1) is 0 Å². The van der Waals surface area contributed by atoms with E-state index in [-0.39, 0.29) is 23.9 Å². The molecule has 2 aliphatic carbocycles. The van der Waals surface area contributed by atoms with Gasteiger partial charge in [0.05, 0.1) is 23.6 Å². The molecule has 1 aromatic carbocycles. The van der Waals surface area contributed by atoms with Crippen molar-refractivity contribution in [3.8, 4) is 6.07 Å². The quantitative estimate of drug-likeness (QED) is 0.891. The third kappa shape index (κ3) is 2.54. The van der Waals surface area contributed by atoms with E-state index in [2.05, 4.69) is 11.4 Å². The van der Waals surface area contributed by atoms with Crippen LogP contribution in [0, 0.1) is 29.1 Å². The molecular weight excluding hydrogens is 262 g/mol. The summed E-state index contributed by atoms with van der Waals surface area (Å²) < 4.78 is 0. The van der Waals surface area contributed by atoms with Crippen molar-refractivity contribution >= 4 is 5.91 Å². The number of hydrogen-bond acceptors (Lipinski definition) is 3. The van der Waals surface area contributed by atoms with E-state index in [1.54, 1.807) is 12.1 Å². The molecule has 0 radical (unpaired) electrons. The van der Waals surface area contributed by atoms with E-state index in [0.29, 0.717) is 17.4 Å². The summed E-state index contributed by atoms with van der Waals surface area (Å²) in [4.78, 5) is 12.5. The van der Waals surface area contributed by atoms with Gasteiger partial charge < -0.3 is 11.1 Å². The minimum absolute atomic E-state index is 0.0235. The zero-order valence-corrected chi connectivity index (χ0v) is 12.3. The Labute approximate surface area is 125 Å². The van der Waals surface area contributed by atoms with Gasteiger partial charge in [-0.2, -0.15) is 5.26 Å². The highest BCUT2D eigenvalue weighted by atomic mass is 16.2. The number of carbonyl (C=O) groups excluding carboxylic acids is 1. The SMILES string of the molecule is CC(NC(=O)C1C2CCC(C2)C1N)c1ccc(C#N)cc1. The average molecular weight is 283 g/mol. The number of nitrogens with zero attached hydrogens (tertiary/aromatic N) is 1. The van der Waals surface area contributed by atoms with Gasteiger partial charge in [-0.1, -0.05) is 12.1 Å². The molecule has 2 fully saturated rings. The van der Waals surface area contributed by atoms with Crippen LogP contribution in [-0.4, -0.2) is 11.9 Å². The molecule has 110 valence electrons. The Morgan fingerprint density at radius 1 is 1.33 bits per heavy atom. The van der Waals surface area contributed by atoms with Gasteiger partial charge in [0.25, 0.3) is 0 Å². The van der Waals surface area contributed by atoms with Crippen LogP contribution in [0.25, 0.3) is 0 Å². The second-order valence-corrected chi connectivity index (χ2v) is 6.40. The molecule has 2 aliphatic rings. The highest BCUT2D eigenvalue weighted by molar-refractivity contribution is 5.80. The Bertz CT molecular complexity index is 573. The van der Waals surface area contributed by atoms with Crippen LogP contribution >= 0.6 is 0 Å². The van der Waals surface area contributed by atoms with Gasteiger partial charge in [0.2, 0.25) is 5.91 Å². The fourth-order valence-electron chi connectivity index (χ4n) is 3.96. The van der Waals surface area contributed by atoms with Crippen LogP contribution < -0.4 is 11.1 Å². The van der Waals surface area contributed by atoms with Crippen molar-refractivity contribution in [1.29, 1.82) is 5.26 Å². The summed E-state index contributed by atoms with van der Waals surface area (Å²) in [6.07, 6.45) is 3.44. The number of nitriles is 1. The molecule has 3 N–H and O–H groups in total. The maximum atomic E-state index is 12.5. The lowest BCUT2D eigenvalue weighted by atomic mass is 9.84. The third-order valence-electron chi connectivity index (χ3n) is 5.18. The predicted octanol–water partition coefficient (Wildman–Crippen LogP) is 2.11. The molecule has 0 heterocycles. The molecule has 2 bridgehead atoms. The fourth-order valence-corrected chi connectivity index (χ4v) is 3.96. The summed E-state index contributed by atoms with van der Waals surface area (Å²) in [6.45, 7) is 1.97. The first-order chi connectivity index (χ1) is 10.1. The Morgan fingerprint density at radius 2 is 2.00 bits per heavy atom. The van der Waals surface area contributed by atoms with Gasteiger partial charge in [-0.3, -0.25) is 4.79 Å². The Morgan fingerprint density at radius 3 is 2.57 bits per heavy atom. The van der Waals surface area contributed by atoms with E-state index < -0.39 is 0 Å². The lowest BCUT2D eigenvalue weighted by molar-refractivity contribution is -0.127. The normalized spacial score (nSPS) is 31.7.